The summed E-state index contributed by atoms with van der Waals surface area (Å²) in [5, 5.41) is 12.6. The van der Waals surface area contributed by atoms with Crippen LogP contribution in [0.15, 0.2) is 30.3 Å². The highest BCUT2D eigenvalue weighted by Crippen LogP contribution is 2.27. The van der Waals surface area contributed by atoms with Crippen molar-refractivity contribution in [1.29, 1.82) is 0 Å². The molecule has 6 nitrogen and oxygen atoms in total. The number of nitrogens with zero attached hydrogens (tertiary/aromatic N) is 4. The van der Waals surface area contributed by atoms with Crippen LogP contribution in [0.2, 0.25) is 0 Å². The number of anilines is 1. The molecule has 0 aliphatic carbocycles. The van der Waals surface area contributed by atoms with Crippen molar-refractivity contribution in [1.82, 2.24) is 20.0 Å². The summed E-state index contributed by atoms with van der Waals surface area (Å²) in [7, 11) is 2.09. The van der Waals surface area contributed by atoms with Gasteiger partial charge in [-0.3, -0.25) is 5.32 Å². The largest absolute Gasteiger partial charge is 0.324 e. The van der Waals surface area contributed by atoms with Crippen LogP contribution in [0.1, 0.15) is 36.4 Å². The molecule has 2 amide bonds. The highest BCUT2D eigenvalue weighted by atomic mass is 32.1. The number of amides is 2. The summed E-state index contributed by atoms with van der Waals surface area (Å²) < 4.78 is 0. The van der Waals surface area contributed by atoms with E-state index in [0.717, 1.165) is 23.7 Å². The van der Waals surface area contributed by atoms with Crippen LogP contribution >= 0.6 is 11.3 Å². The van der Waals surface area contributed by atoms with Crippen molar-refractivity contribution in [3.05, 3.63) is 40.9 Å². The van der Waals surface area contributed by atoms with Crippen LogP contribution in [0, 0.1) is 0 Å². The smallest absolute Gasteiger partial charge is 0.315 e. The minimum absolute atomic E-state index is 0.0439. The van der Waals surface area contributed by atoms with E-state index < -0.39 is 0 Å². The van der Waals surface area contributed by atoms with Gasteiger partial charge in [-0.05, 0) is 12.6 Å². The quantitative estimate of drug-likeness (QED) is 0.928. The van der Waals surface area contributed by atoms with Crippen molar-refractivity contribution < 1.29 is 4.79 Å². The second kappa shape index (κ2) is 7.27. The molecular formula is C17H23N5OS. The van der Waals surface area contributed by atoms with Crippen LogP contribution in [-0.2, 0) is 0 Å². The zero-order valence-electron chi connectivity index (χ0n) is 14.3. The van der Waals surface area contributed by atoms with Gasteiger partial charge in [0.15, 0.2) is 0 Å². The minimum Gasteiger partial charge on any atom is -0.315 e. The molecule has 0 spiro atoms. The number of rotatable bonds is 3. The Bertz CT molecular complexity index is 687. The highest BCUT2D eigenvalue weighted by Gasteiger charge is 2.30. The summed E-state index contributed by atoms with van der Waals surface area (Å²) in [6.45, 7) is 6.52. The second-order valence-corrected chi connectivity index (χ2v) is 7.42. The summed E-state index contributed by atoms with van der Waals surface area (Å²) in [4.78, 5) is 16.9. The highest BCUT2D eigenvalue weighted by molar-refractivity contribution is 7.15. The zero-order chi connectivity index (χ0) is 17.1. The third-order valence-corrected chi connectivity index (χ3v) is 5.32. The minimum atomic E-state index is -0.108. The molecule has 0 radical (unpaired) electrons. The number of likely N-dealkylation sites (N-methyl/N-ethyl adjacent to an activating group) is 1. The number of urea groups is 1. The van der Waals surface area contributed by atoms with E-state index in [1.807, 2.05) is 23.1 Å². The van der Waals surface area contributed by atoms with Crippen LogP contribution in [-0.4, -0.2) is 52.7 Å². The summed E-state index contributed by atoms with van der Waals surface area (Å²) in [5.74, 6) is 0.314. The van der Waals surface area contributed by atoms with Gasteiger partial charge in [0.05, 0.1) is 6.04 Å². The summed E-state index contributed by atoms with van der Waals surface area (Å²) in [6, 6.07) is 10.1. The van der Waals surface area contributed by atoms with E-state index in [2.05, 4.69) is 53.4 Å². The molecule has 24 heavy (non-hydrogen) atoms. The fourth-order valence-corrected chi connectivity index (χ4v) is 3.54. The van der Waals surface area contributed by atoms with Crippen molar-refractivity contribution in [3.63, 3.8) is 0 Å². The van der Waals surface area contributed by atoms with E-state index in [1.165, 1.54) is 11.3 Å². The SMILES string of the molecule is CC(C)c1nnc(NC(=O)N2CCN(C)C[C@@H]2c2ccccc2)s1. The Kier molecular flexibility index (Phi) is 5.11. The molecule has 128 valence electrons. The number of carbonyl (C=O) groups excluding carboxylic acids is 1. The molecule has 2 heterocycles. The van der Waals surface area contributed by atoms with Crippen LogP contribution in [0.5, 0.6) is 0 Å². The maximum Gasteiger partial charge on any atom is 0.324 e. The Balaban J connectivity index is 1.75. The van der Waals surface area contributed by atoms with Crippen LogP contribution in [0.3, 0.4) is 0 Å². The first kappa shape index (κ1) is 16.9. The lowest BCUT2D eigenvalue weighted by Crippen LogP contribution is -2.50. The lowest BCUT2D eigenvalue weighted by atomic mass is 10.0. The van der Waals surface area contributed by atoms with Gasteiger partial charge in [-0.15, -0.1) is 10.2 Å². The molecule has 0 bridgehead atoms. The molecule has 1 aliphatic heterocycles. The van der Waals surface area contributed by atoms with Gasteiger partial charge in [0.2, 0.25) is 5.13 Å². The molecule has 1 aromatic carbocycles. The van der Waals surface area contributed by atoms with Gasteiger partial charge in [-0.25, -0.2) is 4.79 Å². The molecule has 0 unspecified atom stereocenters. The maximum absolute atomic E-state index is 12.8. The summed E-state index contributed by atoms with van der Waals surface area (Å²) in [5.41, 5.74) is 1.15. The molecule has 1 aliphatic rings. The van der Waals surface area contributed by atoms with Crippen molar-refractivity contribution in [2.45, 2.75) is 25.8 Å². The molecule has 1 aromatic heterocycles. The van der Waals surface area contributed by atoms with E-state index in [0.29, 0.717) is 17.6 Å². The first-order chi connectivity index (χ1) is 11.5. The van der Waals surface area contributed by atoms with E-state index in [-0.39, 0.29) is 12.1 Å². The third kappa shape index (κ3) is 3.73. The van der Waals surface area contributed by atoms with Crippen LogP contribution in [0.25, 0.3) is 0 Å². The monoisotopic (exact) mass is 345 g/mol. The second-order valence-electron chi connectivity index (χ2n) is 6.41. The fourth-order valence-electron chi connectivity index (χ4n) is 2.80. The Morgan fingerprint density at radius 1 is 1.25 bits per heavy atom. The Hall–Kier alpha value is -1.99. The van der Waals surface area contributed by atoms with Gasteiger partial charge in [0.25, 0.3) is 0 Å². The summed E-state index contributed by atoms with van der Waals surface area (Å²) >= 11 is 1.44. The predicted molar refractivity (Wildman–Crippen MR) is 96.4 cm³/mol. The average molecular weight is 345 g/mol. The third-order valence-electron chi connectivity index (χ3n) is 4.18. The molecule has 1 atom stereocenters. The molecule has 0 saturated carbocycles. The van der Waals surface area contributed by atoms with E-state index in [4.69, 9.17) is 0 Å². The Labute approximate surface area is 146 Å². The van der Waals surface area contributed by atoms with Gasteiger partial charge in [-0.2, -0.15) is 0 Å². The van der Waals surface area contributed by atoms with Crippen molar-refractivity contribution in [3.8, 4) is 0 Å². The van der Waals surface area contributed by atoms with Gasteiger partial charge < -0.3 is 9.80 Å². The molecular weight excluding hydrogens is 322 g/mol. The number of nitrogens with one attached hydrogen (secondary N) is 1. The number of hydrogen-bond acceptors (Lipinski definition) is 5. The van der Waals surface area contributed by atoms with Crippen LogP contribution in [0.4, 0.5) is 9.93 Å². The Morgan fingerprint density at radius 2 is 2.00 bits per heavy atom. The lowest BCUT2D eigenvalue weighted by Gasteiger charge is -2.40. The number of piperazine rings is 1. The molecule has 2 aromatic rings. The fraction of sp³-hybridized carbons (Fsp3) is 0.471. The number of benzene rings is 1. The van der Waals surface area contributed by atoms with Crippen LogP contribution < -0.4 is 5.32 Å². The number of aromatic nitrogens is 2. The molecule has 7 heteroatoms. The predicted octanol–water partition coefficient (Wildman–Crippen LogP) is 3.18. The molecule has 3 rings (SSSR count). The zero-order valence-corrected chi connectivity index (χ0v) is 15.1. The van der Waals surface area contributed by atoms with Gasteiger partial charge in [-0.1, -0.05) is 55.5 Å². The van der Waals surface area contributed by atoms with Crippen molar-refractivity contribution >= 4 is 22.5 Å². The lowest BCUT2D eigenvalue weighted by molar-refractivity contribution is 0.116. The standard InChI is InChI=1S/C17H23N5OS/c1-12(2)15-19-20-16(24-15)18-17(23)22-10-9-21(3)11-14(22)13-7-5-4-6-8-13/h4-8,12,14H,9-11H2,1-3H3,(H,18,20,23)/t14-/m1/s1. The van der Waals surface area contributed by atoms with E-state index in [1.54, 1.807) is 0 Å². The first-order valence-corrected chi connectivity index (χ1v) is 9.00. The molecule has 1 N–H and O–H groups in total. The molecule has 1 saturated heterocycles. The normalized spacial score (nSPS) is 18.8. The van der Waals surface area contributed by atoms with Gasteiger partial charge in [0.1, 0.15) is 5.01 Å². The first-order valence-electron chi connectivity index (χ1n) is 8.19. The van der Waals surface area contributed by atoms with Crippen molar-refractivity contribution in [2.75, 3.05) is 32.0 Å². The van der Waals surface area contributed by atoms with Crippen molar-refractivity contribution in [2.24, 2.45) is 0 Å². The van der Waals surface area contributed by atoms with Gasteiger partial charge in [0, 0.05) is 25.6 Å². The summed E-state index contributed by atoms with van der Waals surface area (Å²) in [6.07, 6.45) is 0. The maximum atomic E-state index is 12.8. The van der Waals surface area contributed by atoms with E-state index >= 15 is 0 Å². The topological polar surface area (TPSA) is 61.4 Å². The Morgan fingerprint density at radius 3 is 2.67 bits per heavy atom. The number of hydrogen-bond donors (Lipinski definition) is 1. The average Bonchev–Trinajstić information content (AvgIpc) is 3.04. The molecule has 1 fully saturated rings. The van der Waals surface area contributed by atoms with E-state index in [9.17, 15) is 4.79 Å². The van der Waals surface area contributed by atoms with Gasteiger partial charge >= 0.3 is 6.03 Å². The number of carbonyl (C=O) groups is 1.